The molecule has 0 saturated carbocycles. The molecular weight excluding hydrogens is 416 g/mol. The molecule has 2 aliphatic rings. The quantitative estimate of drug-likeness (QED) is 0.359. The highest BCUT2D eigenvalue weighted by atomic mass is 32.2. The summed E-state index contributed by atoms with van der Waals surface area (Å²) in [5, 5.41) is 9.62. The van der Waals surface area contributed by atoms with Gasteiger partial charge in [0, 0.05) is 31.7 Å². The summed E-state index contributed by atoms with van der Waals surface area (Å²) in [4.78, 5) is 30.4. The molecule has 0 atom stereocenters. The van der Waals surface area contributed by atoms with Gasteiger partial charge in [0.15, 0.2) is 0 Å². The number of pyridine rings is 1. The average molecular weight is 445 g/mol. The third-order valence-corrected chi connectivity index (χ3v) is 7.08. The van der Waals surface area contributed by atoms with E-state index in [0.717, 1.165) is 56.6 Å². The van der Waals surface area contributed by atoms with E-state index in [1.54, 1.807) is 16.4 Å². The van der Waals surface area contributed by atoms with Crippen LogP contribution in [0.2, 0.25) is 0 Å². The summed E-state index contributed by atoms with van der Waals surface area (Å²) in [7, 11) is 0. The SMILES string of the molecule is CCCCCN1C(=O)C(=Cc2c(C)c(C#N)c(=O)n(CC)c2N2CCCC2)SC1=S. The van der Waals surface area contributed by atoms with Gasteiger partial charge in [-0.05, 0) is 44.7 Å². The molecule has 0 radical (unpaired) electrons. The number of hydrogen-bond acceptors (Lipinski definition) is 6. The second-order valence-corrected chi connectivity index (χ2v) is 9.31. The van der Waals surface area contributed by atoms with Gasteiger partial charge in [-0.15, -0.1) is 0 Å². The molecule has 2 saturated heterocycles. The Morgan fingerprint density at radius 1 is 1.20 bits per heavy atom. The van der Waals surface area contributed by atoms with Crippen LogP contribution < -0.4 is 10.5 Å². The zero-order chi connectivity index (χ0) is 21.8. The van der Waals surface area contributed by atoms with Crippen LogP contribution in [0.5, 0.6) is 0 Å². The van der Waals surface area contributed by atoms with E-state index in [2.05, 4.69) is 17.9 Å². The highest BCUT2D eigenvalue weighted by Crippen LogP contribution is 2.36. The molecule has 3 heterocycles. The van der Waals surface area contributed by atoms with Crippen LogP contribution in [-0.4, -0.2) is 39.3 Å². The normalized spacial score (nSPS) is 18.0. The van der Waals surface area contributed by atoms with Crippen LogP contribution in [0, 0.1) is 18.3 Å². The Balaban J connectivity index is 2.11. The molecule has 8 heteroatoms. The maximum Gasteiger partial charge on any atom is 0.270 e. The molecule has 1 aromatic heterocycles. The molecule has 0 aliphatic carbocycles. The van der Waals surface area contributed by atoms with Crippen LogP contribution in [0.4, 0.5) is 5.82 Å². The number of carbonyl (C=O) groups excluding carboxylic acids is 1. The molecule has 0 N–H and O–H groups in total. The predicted molar refractivity (Wildman–Crippen MR) is 127 cm³/mol. The summed E-state index contributed by atoms with van der Waals surface area (Å²) in [6.45, 7) is 8.67. The van der Waals surface area contributed by atoms with E-state index in [1.165, 1.54) is 11.8 Å². The van der Waals surface area contributed by atoms with Crippen LogP contribution in [-0.2, 0) is 11.3 Å². The lowest BCUT2D eigenvalue weighted by Gasteiger charge is -2.26. The molecule has 2 aliphatic heterocycles. The van der Waals surface area contributed by atoms with Gasteiger partial charge in [0.05, 0.1) is 4.91 Å². The lowest BCUT2D eigenvalue weighted by atomic mass is 10.0. The Hall–Kier alpha value is -2.11. The molecule has 0 spiro atoms. The fraction of sp³-hybridized carbons (Fsp3) is 0.545. The van der Waals surface area contributed by atoms with Crippen molar-refractivity contribution >= 4 is 46.1 Å². The first-order valence-corrected chi connectivity index (χ1v) is 11.8. The molecule has 6 nitrogen and oxygen atoms in total. The van der Waals surface area contributed by atoms with E-state index in [4.69, 9.17) is 12.2 Å². The van der Waals surface area contributed by atoms with Crippen molar-refractivity contribution in [2.75, 3.05) is 24.5 Å². The Morgan fingerprint density at radius 2 is 1.90 bits per heavy atom. The summed E-state index contributed by atoms with van der Waals surface area (Å²) in [5.74, 6) is 0.730. The number of hydrogen-bond donors (Lipinski definition) is 0. The van der Waals surface area contributed by atoms with E-state index in [1.807, 2.05) is 13.0 Å². The summed E-state index contributed by atoms with van der Waals surface area (Å²) in [5.41, 5.74) is 1.29. The number of nitrogens with zero attached hydrogens (tertiary/aromatic N) is 4. The third-order valence-electron chi connectivity index (χ3n) is 5.70. The van der Waals surface area contributed by atoms with Crippen molar-refractivity contribution in [2.24, 2.45) is 0 Å². The zero-order valence-electron chi connectivity index (χ0n) is 17.9. The number of thioether (sulfide) groups is 1. The molecule has 0 unspecified atom stereocenters. The first-order chi connectivity index (χ1) is 14.4. The maximum absolute atomic E-state index is 13.0. The van der Waals surface area contributed by atoms with Gasteiger partial charge in [0.25, 0.3) is 11.5 Å². The van der Waals surface area contributed by atoms with Gasteiger partial charge in [0.2, 0.25) is 0 Å². The van der Waals surface area contributed by atoms with E-state index >= 15 is 0 Å². The number of amides is 1. The van der Waals surface area contributed by atoms with Gasteiger partial charge in [-0.2, -0.15) is 5.26 Å². The summed E-state index contributed by atoms with van der Waals surface area (Å²) >= 11 is 6.77. The van der Waals surface area contributed by atoms with E-state index in [0.29, 0.717) is 27.9 Å². The van der Waals surface area contributed by atoms with Crippen LogP contribution in [0.3, 0.4) is 0 Å². The van der Waals surface area contributed by atoms with Gasteiger partial charge in [-0.3, -0.25) is 19.1 Å². The third kappa shape index (κ3) is 4.19. The molecule has 1 aromatic rings. The number of unbranched alkanes of at least 4 members (excludes halogenated alkanes) is 2. The number of anilines is 1. The topological polar surface area (TPSA) is 69.3 Å². The molecule has 1 amide bonds. The van der Waals surface area contributed by atoms with Gasteiger partial charge in [-0.1, -0.05) is 43.7 Å². The number of rotatable bonds is 7. The number of thiocarbonyl (C=S) groups is 1. The summed E-state index contributed by atoms with van der Waals surface area (Å²) in [6.07, 6.45) is 7.04. The lowest BCUT2D eigenvalue weighted by Crippen LogP contribution is -2.33. The predicted octanol–water partition coefficient (Wildman–Crippen LogP) is 4.04. The number of nitriles is 1. The van der Waals surface area contributed by atoms with E-state index in [9.17, 15) is 14.9 Å². The largest absolute Gasteiger partial charge is 0.357 e. The summed E-state index contributed by atoms with van der Waals surface area (Å²) < 4.78 is 2.25. The van der Waals surface area contributed by atoms with Crippen molar-refractivity contribution in [1.29, 1.82) is 5.26 Å². The Kier molecular flexibility index (Phi) is 7.37. The minimum absolute atomic E-state index is 0.0827. The average Bonchev–Trinajstić information content (AvgIpc) is 3.34. The van der Waals surface area contributed by atoms with Gasteiger partial charge in [0.1, 0.15) is 21.8 Å². The minimum Gasteiger partial charge on any atom is -0.357 e. The van der Waals surface area contributed by atoms with E-state index in [-0.39, 0.29) is 17.0 Å². The second kappa shape index (κ2) is 9.80. The lowest BCUT2D eigenvalue weighted by molar-refractivity contribution is -0.122. The monoisotopic (exact) mass is 444 g/mol. The van der Waals surface area contributed by atoms with Gasteiger partial charge in [-0.25, -0.2) is 0 Å². The standard InChI is InChI=1S/C22H28N4O2S2/c1-4-6-7-12-26-21(28)18(30-22(26)29)13-16-15(3)17(14-23)20(27)25(5-2)19(16)24-10-8-9-11-24/h13H,4-12H2,1-3H3. The van der Waals surface area contributed by atoms with E-state index < -0.39 is 0 Å². The zero-order valence-corrected chi connectivity index (χ0v) is 19.5. The van der Waals surface area contributed by atoms with Crippen molar-refractivity contribution in [1.82, 2.24) is 9.47 Å². The second-order valence-electron chi connectivity index (χ2n) is 7.63. The molecule has 2 fully saturated rings. The molecule has 160 valence electrons. The Bertz CT molecular complexity index is 984. The van der Waals surface area contributed by atoms with Gasteiger partial charge < -0.3 is 4.90 Å². The van der Waals surface area contributed by atoms with Crippen molar-refractivity contribution in [3.05, 3.63) is 31.9 Å². The highest BCUT2D eigenvalue weighted by Gasteiger charge is 2.33. The maximum atomic E-state index is 13.0. The highest BCUT2D eigenvalue weighted by molar-refractivity contribution is 8.26. The minimum atomic E-state index is -0.260. The van der Waals surface area contributed by atoms with Crippen LogP contribution in [0.1, 0.15) is 62.6 Å². The molecule has 0 bridgehead atoms. The summed E-state index contributed by atoms with van der Waals surface area (Å²) in [6, 6.07) is 2.08. The number of carbonyl (C=O) groups is 1. The first kappa shape index (κ1) is 22.6. The molecular formula is C22H28N4O2S2. The van der Waals surface area contributed by atoms with Crippen molar-refractivity contribution in [2.45, 2.75) is 59.4 Å². The molecule has 3 rings (SSSR count). The van der Waals surface area contributed by atoms with Crippen molar-refractivity contribution in [3.8, 4) is 6.07 Å². The molecule has 0 aromatic carbocycles. The van der Waals surface area contributed by atoms with Crippen LogP contribution in [0.25, 0.3) is 6.08 Å². The number of aromatic nitrogens is 1. The van der Waals surface area contributed by atoms with Gasteiger partial charge >= 0.3 is 0 Å². The van der Waals surface area contributed by atoms with Crippen molar-refractivity contribution < 1.29 is 4.79 Å². The Labute approximate surface area is 187 Å². The fourth-order valence-corrected chi connectivity index (χ4v) is 5.34. The molecule has 30 heavy (non-hydrogen) atoms. The van der Waals surface area contributed by atoms with Crippen LogP contribution in [0.15, 0.2) is 9.70 Å². The Morgan fingerprint density at radius 3 is 2.50 bits per heavy atom. The smallest absolute Gasteiger partial charge is 0.270 e. The van der Waals surface area contributed by atoms with Crippen LogP contribution >= 0.6 is 24.0 Å². The first-order valence-electron chi connectivity index (χ1n) is 10.6. The fourth-order valence-electron chi connectivity index (χ4n) is 4.05. The van der Waals surface area contributed by atoms with Crippen molar-refractivity contribution in [3.63, 3.8) is 0 Å².